The quantitative estimate of drug-likeness (QED) is 0.0947. The highest BCUT2D eigenvalue weighted by Crippen LogP contribution is 2.41. The van der Waals surface area contributed by atoms with Crippen molar-refractivity contribution in [3.8, 4) is 16.9 Å². The van der Waals surface area contributed by atoms with Crippen LogP contribution in [0.1, 0.15) is 67.6 Å². The first-order valence-corrected chi connectivity index (χ1v) is 17.0. The van der Waals surface area contributed by atoms with Gasteiger partial charge in [-0.1, -0.05) is 56.5 Å². The van der Waals surface area contributed by atoms with Crippen LogP contribution in [0.5, 0.6) is 5.75 Å². The number of benzene rings is 2. The third-order valence-corrected chi connectivity index (χ3v) is 9.63. The topological polar surface area (TPSA) is 34.0 Å². The van der Waals surface area contributed by atoms with E-state index in [-0.39, 0.29) is 5.78 Å². The molecular weight excluding hydrogens is 732 g/mol. The van der Waals surface area contributed by atoms with Crippen LogP contribution in [-0.2, 0) is 0 Å². The normalized spacial score (nSPS) is 11.5. The average molecular weight is 768 g/mol. The molecule has 41 heavy (non-hydrogen) atoms. The highest BCUT2D eigenvalue weighted by molar-refractivity contribution is 9.11. The van der Waals surface area contributed by atoms with Crippen molar-refractivity contribution in [2.75, 3.05) is 26.2 Å². The maximum absolute atomic E-state index is 14.2. The van der Waals surface area contributed by atoms with Gasteiger partial charge in [0.15, 0.2) is 0 Å². The Morgan fingerprint density at radius 3 is 2.22 bits per heavy atom. The molecule has 0 spiro atoms. The van der Waals surface area contributed by atoms with E-state index in [4.69, 9.17) is 16.3 Å². The molecule has 0 aliphatic carbocycles. The molecule has 4 nitrogen and oxygen atoms in total. The van der Waals surface area contributed by atoms with Crippen LogP contribution < -0.4 is 4.74 Å². The van der Waals surface area contributed by atoms with E-state index >= 15 is 0 Å². The molecule has 0 bridgehead atoms. The molecular formula is C33H36Br3ClN2O2. The summed E-state index contributed by atoms with van der Waals surface area (Å²) in [6.45, 7) is 10.4. The number of fused-ring (bicyclic) bond motifs is 1. The van der Waals surface area contributed by atoms with Crippen LogP contribution in [0.4, 0.5) is 0 Å². The first kappa shape index (κ1) is 32.3. The van der Waals surface area contributed by atoms with Crippen molar-refractivity contribution in [2.24, 2.45) is 0 Å². The first-order valence-electron chi connectivity index (χ1n) is 14.2. The lowest BCUT2D eigenvalue weighted by Gasteiger charge is -2.22. The molecule has 4 aromatic rings. The van der Waals surface area contributed by atoms with Gasteiger partial charge < -0.3 is 14.0 Å². The molecule has 0 fully saturated rings. The summed E-state index contributed by atoms with van der Waals surface area (Å²) in [5.41, 5.74) is 4.71. The van der Waals surface area contributed by atoms with Gasteiger partial charge in [0.2, 0.25) is 5.78 Å². The number of hydrogen-bond donors (Lipinski definition) is 0. The minimum atomic E-state index is -0.0981. The molecule has 0 N–H and O–H groups in total. The molecule has 0 atom stereocenters. The van der Waals surface area contributed by atoms with Crippen molar-refractivity contribution in [2.45, 2.75) is 52.9 Å². The lowest BCUT2D eigenvalue weighted by atomic mass is 9.99. The number of carbonyl (C=O) groups excluding carboxylic acids is 1. The van der Waals surface area contributed by atoms with Gasteiger partial charge in [0.1, 0.15) is 11.4 Å². The van der Waals surface area contributed by atoms with Gasteiger partial charge in [0.05, 0.1) is 25.5 Å². The Balaban J connectivity index is 1.59. The summed E-state index contributed by atoms with van der Waals surface area (Å²) < 4.78 is 10.5. The van der Waals surface area contributed by atoms with Crippen molar-refractivity contribution in [3.63, 3.8) is 0 Å². The third-order valence-electron chi connectivity index (χ3n) is 7.24. The van der Waals surface area contributed by atoms with Crippen molar-refractivity contribution < 1.29 is 9.53 Å². The Morgan fingerprint density at radius 2 is 1.59 bits per heavy atom. The molecule has 4 rings (SSSR count). The van der Waals surface area contributed by atoms with Crippen molar-refractivity contribution >= 4 is 70.7 Å². The van der Waals surface area contributed by atoms with Crippen LogP contribution >= 0.6 is 59.4 Å². The van der Waals surface area contributed by atoms with Crippen LogP contribution in [-0.4, -0.2) is 41.3 Å². The summed E-state index contributed by atoms with van der Waals surface area (Å²) in [7, 11) is 0. The van der Waals surface area contributed by atoms with Gasteiger partial charge in [0, 0.05) is 28.9 Å². The standard InChI is InChI=1S/C33H36Br3ClN2O2/c1-4-6-14-38(15-7-5-2)16-10-18-41-33-25(34)19-24(20-26(33)35)32(40)31-29(23-13-12-22(3)27(37)21-23)30(36)28-11-8-9-17-39(28)31/h8-9,11-13,17,19-21H,4-7,10,14-16,18H2,1-3H3. The first-order chi connectivity index (χ1) is 19.8. The van der Waals surface area contributed by atoms with Gasteiger partial charge in [0.25, 0.3) is 0 Å². The number of nitrogens with zero attached hydrogens (tertiary/aromatic N) is 2. The van der Waals surface area contributed by atoms with E-state index < -0.39 is 0 Å². The summed E-state index contributed by atoms with van der Waals surface area (Å²) in [4.78, 5) is 16.7. The highest BCUT2D eigenvalue weighted by atomic mass is 79.9. The van der Waals surface area contributed by atoms with E-state index in [0.717, 1.165) is 61.7 Å². The summed E-state index contributed by atoms with van der Waals surface area (Å²) in [5, 5.41) is 0.661. The largest absolute Gasteiger partial charge is 0.491 e. The number of halogens is 4. The van der Waals surface area contributed by atoms with E-state index in [1.165, 1.54) is 25.7 Å². The zero-order valence-corrected chi connectivity index (χ0v) is 29.3. The molecule has 218 valence electrons. The zero-order chi connectivity index (χ0) is 29.5. The zero-order valence-electron chi connectivity index (χ0n) is 23.8. The minimum Gasteiger partial charge on any atom is -0.491 e. The number of rotatable bonds is 14. The molecule has 8 heteroatoms. The molecule has 0 radical (unpaired) electrons. The van der Waals surface area contributed by atoms with E-state index in [1.54, 1.807) is 0 Å². The molecule has 2 heterocycles. The van der Waals surface area contributed by atoms with E-state index in [2.05, 4.69) is 66.5 Å². The molecule has 2 aromatic carbocycles. The monoisotopic (exact) mass is 764 g/mol. The van der Waals surface area contributed by atoms with Gasteiger partial charge in [-0.05, 0) is 129 Å². The van der Waals surface area contributed by atoms with Gasteiger partial charge in [-0.25, -0.2) is 0 Å². The van der Waals surface area contributed by atoms with Crippen molar-refractivity contribution in [1.82, 2.24) is 9.30 Å². The van der Waals surface area contributed by atoms with Gasteiger partial charge in [-0.15, -0.1) is 0 Å². The molecule has 0 aliphatic rings. The number of unbranched alkanes of at least 4 members (excludes halogenated alkanes) is 2. The predicted octanol–water partition coefficient (Wildman–Crippen LogP) is 10.8. The highest BCUT2D eigenvalue weighted by Gasteiger charge is 2.26. The van der Waals surface area contributed by atoms with Crippen LogP contribution in [0.2, 0.25) is 5.02 Å². The Morgan fingerprint density at radius 1 is 0.927 bits per heavy atom. The van der Waals surface area contributed by atoms with E-state index in [1.807, 2.05) is 66.1 Å². The molecule has 2 aromatic heterocycles. The fourth-order valence-corrected chi connectivity index (χ4v) is 7.27. The molecule has 0 saturated carbocycles. The number of ketones is 1. The Kier molecular flexibility index (Phi) is 12.0. The summed E-state index contributed by atoms with van der Waals surface area (Å²) in [6.07, 6.45) is 7.73. The minimum absolute atomic E-state index is 0.0981. The maximum Gasteiger partial charge on any atom is 0.210 e. The molecule has 0 saturated heterocycles. The lowest BCUT2D eigenvalue weighted by molar-refractivity contribution is 0.103. The van der Waals surface area contributed by atoms with Crippen molar-refractivity contribution in [3.05, 3.63) is 90.0 Å². The lowest BCUT2D eigenvalue weighted by Crippen LogP contribution is -2.28. The molecule has 0 amide bonds. The van der Waals surface area contributed by atoms with E-state index in [9.17, 15) is 4.79 Å². The maximum atomic E-state index is 14.2. The summed E-state index contributed by atoms with van der Waals surface area (Å²) in [6, 6.07) is 15.5. The van der Waals surface area contributed by atoms with Gasteiger partial charge in [-0.3, -0.25) is 4.79 Å². The van der Waals surface area contributed by atoms with E-state index in [0.29, 0.717) is 28.6 Å². The van der Waals surface area contributed by atoms with Crippen LogP contribution in [0, 0.1) is 6.92 Å². The van der Waals surface area contributed by atoms with Crippen LogP contribution in [0.15, 0.2) is 68.1 Å². The number of carbonyl (C=O) groups is 1. The summed E-state index contributed by atoms with van der Waals surface area (Å²) >= 11 is 17.6. The second-order valence-corrected chi connectivity index (χ2v) is 13.2. The second-order valence-electron chi connectivity index (χ2n) is 10.3. The number of aromatic nitrogens is 1. The Hall–Kier alpha value is -1.64. The summed E-state index contributed by atoms with van der Waals surface area (Å²) in [5.74, 6) is 0.612. The van der Waals surface area contributed by atoms with Crippen LogP contribution in [0.3, 0.4) is 0 Å². The predicted molar refractivity (Wildman–Crippen MR) is 182 cm³/mol. The fraction of sp³-hybridized carbons (Fsp3) is 0.364. The number of aryl methyl sites for hydroxylation is 1. The van der Waals surface area contributed by atoms with Crippen LogP contribution in [0.25, 0.3) is 16.6 Å². The third kappa shape index (κ3) is 7.66. The number of hydrogen-bond acceptors (Lipinski definition) is 3. The molecule has 0 aliphatic heterocycles. The second kappa shape index (κ2) is 15.2. The Labute approximate surface area is 273 Å². The SMILES string of the molecule is CCCCN(CCCC)CCCOc1c(Br)cc(C(=O)c2c(-c3ccc(C)c(Cl)c3)c(Br)c3ccccn23)cc1Br. The van der Waals surface area contributed by atoms with Gasteiger partial charge in [-0.2, -0.15) is 0 Å². The van der Waals surface area contributed by atoms with Crippen molar-refractivity contribution in [1.29, 1.82) is 0 Å². The smallest absolute Gasteiger partial charge is 0.210 e. The average Bonchev–Trinajstić information content (AvgIpc) is 3.26. The Bertz CT molecular complexity index is 1490. The number of pyridine rings is 1. The fourth-order valence-electron chi connectivity index (χ4n) is 4.93. The molecule has 0 unspecified atom stereocenters. The van der Waals surface area contributed by atoms with Gasteiger partial charge >= 0.3 is 0 Å². The number of ether oxygens (including phenoxy) is 1.